The van der Waals surface area contributed by atoms with Gasteiger partial charge in [0.1, 0.15) is 0 Å². The van der Waals surface area contributed by atoms with Crippen molar-refractivity contribution in [2.45, 2.75) is 45.7 Å². The molecule has 144 valence electrons. The van der Waals surface area contributed by atoms with Crippen LogP contribution in [0.25, 0.3) is 11.5 Å². The summed E-state index contributed by atoms with van der Waals surface area (Å²) in [4.78, 5) is 16.4. The van der Waals surface area contributed by atoms with Crippen molar-refractivity contribution >= 4 is 35.7 Å². The van der Waals surface area contributed by atoms with Gasteiger partial charge in [0.2, 0.25) is 0 Å². The first-order valence-electron chi connectivity index (χ1n) is 8.07. The number of carbonyl (C=O) groups excluding carboxylic acids is 1. The van der Waals surface area contributed by atoms with E-state index in [0.29, 0.717) is 34.4 Å². The van der Waals surface area contributed by atoms with Crippen molar-refractivity contribution in [3.8, 4) is 11.5 Å². The third-order valence-electron chi connectivity index (χ3n) is 3.39. The van der Waals surface area contributed by atoms with Crippen molar-refractivity contribution in [1.82, 2.24) is 20.8 Å². The maximum Gasteiger partial charge on any atom is 0.319 e. The number of likely N-dealkylation sites (N-methyl/N-ethyl adjacent to an activating group) is 1. The average molecular weight is 402 g/mol. The summed E-state index contributed by atoms with van der Waals surface area (Å²) < 4.78 is 5.32. The number of halogens is 2. The molecular weight excluding hydrogens is 377 g/mol. The zero-order valence-corrected chi connectivity index (χ0v) is 17.1. The van der Waals surface area contributed by atoms with Gasteiger partial charge in [-0.2, -0.15) is 4.98 Å². The summed E-state index contributed by atoms with van der Waals surface area (Å²) in [5.74, 6) is 0.917. The molecule has 0 aliphatic carbocycles. The van der Waals surface area contributed by atoms with E-state index in [1.165, 1.54) is 0 Å². The Labute approximate surface area is 164 Å². The number of nitrogens with zero attached hydrogens (tertiary/aromatic N) is 2. The highest BCUT2D eigenvalue weighted by Crippen LogP contribution is 2.29. The zero-order chi connectivity index (χ0) is 18.6. The Kier molecular flexibility index (Phi) is 7.87. The first-order chi connectivity index (χ1) is 11.7. The lowest BCUT2D eigenvalue weighted by Crippen LogP contribution is -2.43. The first kappa shape index (κ1) is 22.2. The summed E-state index contributed by atoms with van der Waals surface area (Å²) in [6, 6.07) is 5.05. The molecule has 0 fully saturated rings. The molecule has 2 amide bonds. The van der Waals surface area contributed by atoms with Crippen LogP contribution in [0.2, 0.25) is 5.02 Å². The number of hydrogen-bond acceptors (Lipinski definition) is 5. The molecule has 1 atom stereocenters. The first-order valence-corrected chi connectivity index (χ1v) is 8.44. The largest absolute Gasteiger partial charge is 0.334 e. The summed E-state index contributed by atoms with van der Waals surface area (Å²) in [6.07, 6.45) is 0.642. The Hall–Kier alpha value is -1.83. The molecule has 7 nitrogen and oxygen atoms in total. The quantitative estimate of drug-likeness (QED) is 0.706. The Morgan fingerprint density at radius 1 is 1.35 bits per heavy atom. The minimum absolute atomic E-state index is 0. The number of hydrogen-bond donors (Lipinski definition) is 3. The Morgan fingerprint density at radius 3 is 2.65 bits per heavy atom. The molecule has 0 aliphatic rings. The van der Waals surface area contributed by atoms with Crippen LogP contribution in [0.5, 0.6) is 0 Å². The standard InChI is InChI=1S/C17H24ClN5O2.ClH/c1-10(19-5)8-14-21-15(25-23-14)12-9-11(6-7-13(12)18)20-16(24)22-17(2,3)4;/h6-7,9-10,19H,8H2,1-5H3,(H2,20,22,24);1H. The van der Waals surface area contributed by atoms with E-state index in [2.05, 4.69) is 26.1 Å². The second kappa shape index (κ2) is 9.21. The van der Waals surface area contributed by atoms with Crippen molar-refractivity contribution in [2.24, 2.45) is 0 Å². The topological polar surface area (TPSA) is 92.1 Å². The number of rotatable bonds is 5. The van der Waals surface area contributed by atoms with Crippen molar-refractivity contribution in [1.29, 1.82) is 0 Å². The van der Waals surface area contributed by atoms with Crippen molar-refractivity contribution in [2.75, 3.05) is 12.4 Å². The van der Waals surface area contributed by atoms with Gasteiger partial charge >= 0.3 is 6.03 Å². The van der Waals surface area contributed by atoms with E-state index >= 15 is 0 Å². The third kappa shape index (κ3) is 6.48. The molecule has 0 radical (unpaired) electrons. The SMILES string of the molecule is CNC(C)Cc1noc(-c2cc(NC(=O)NC(C)(C)C)ccc2Cl)n1.Cl. The number of urea groups is 1. The van der Waals surface area contributed by atoms with Crippen LogP contribution in [0.3, 0.4) is 0 Å². The Bertz CT molecular complexity index is 743. The molecule has 0 bridgehead atoms. The number of benzene rings is 1. The van der Waals surface area contributed by atoms with Gasteiger partial charge < -0.3 is 20.5 Å². The normalized spacial score (nSPS) is 12.2. The number of nitrogens with one attached hydrogen (secondary N) is 3. The van der Waals surface area contributed by atoms with Crippen molar-refractivity contribution in [3.63, 3.8) is 0 Å². The fraction of sp³-hybridized carbons (Fsp3) is 0.471. The van der Waals surface area contributed by atoms with Crippen molar-refractivity contribution in [3.05, 3.63) is 29.0 Å². The van der Waals surface area contributed by atoms with E-state index in [1.807, 2.05) is 34.7 Å². The smallest absolute Gasteiger partial charge is 0.319 e. The summed E-state index contributed by atoms with van der Waals surface area (Å²) in [5.41, 5.74) is 0.834. The summed E-state index contributed by atoms with van der Waals surface area (Å²) in [5, 5.41) is 13.2. The molecule has 1 aromatic heterocycles. The number of aromatic nitrogens is 2. The van der Waals surface area contributed by atoms with E-state index in [-0.39, 0.29) is 30.0 Å². The molecule has 2 aromatic rings. The Balaban J connectivity index is 0.00000338. The molecule has 0 saturated heterocycles. The molecule has 2 rings (SSSR count). The van der Waals surface area contributed by atoms with Gasteiger partial charge in [0, 0.05) is 23.7 Å². The van der Waals surface area contributed by atoms with Gasteiger partial charge in [-0.1, -0.05) is 16.8 Å². The molecular formula is C17H25Cl2N5O2. The third-order valence-corrected chi connectivity index (χ3v) is 3.72. The highest BCUT2D eigenvalue weighted by atomic mass is 35.5. The van der Waals surface area contributed by atoms with Crippen LogP contribution in [0.4, 0.5) is 10.5 Å². The monoisotopic (exact) mass is 401 g/mol. The van der Waals surface area contributed by atoms with E-state index in [0.717, 1.165) is 0 Å². The van der Waals surface area contributed by atoms with Gasteiger partial charge in [-0.3, -0.25) is 0 Å². The van der Waals surface area contributed by atoms with Gasteiger partial charge in [0.25, 0.3) is 5.89 Å². The predicted molar refractivity (Wildman–Crippen MR) is 106 cm³/mol. The van der Waals surface area contributed by atoms with Crippen LogP contribution in [0.1, 0.15) is 33.5 Å². The maximum atomic E-state index is 12.0. The molecule has 1 aromatic carbocycles. The number of amides is 2. The maximum absolute atomic E-state index is 12.0. The average Bonchev–Trinajstić information content (AvgIpc) is 2.95. The lowest BCUT2D eigenvalue weighted by atomic mass is 10.1. The minimum atomic E-state index is -0.329. The summed E-state index contributed by atoms with van der Waals surface area (Å²) >= 11 is 6.25. The fourth-order valence-electron chi connectivity index (χ4n) is 2.09. The highest BCUT2D eigenvalue weighted by Gasteiger charge is 2.17. The zero-order valence-electron chi connectivity index (χ0n) is 15.5. The lowest BCUT2D eigenvalue weighted by Gasteiger charge is -2.20. The van der Waals surface area contributed by atoms with Gasteiger partial charge in [-0.15, -0.1) is 12.4 Å². The second-order valence-corrected chi connectivity index (χ2v) is 7.34. The Morgan fingerprint density at radius 2 is 2.04 bits per heavy atom. The van der Waals surface area contributed by atoms with Crippen LogP contribution in [-0.2, 0) is 6.42 Å². The van der Waals surface area contributed by atoms with Gasteiger partial charge in [0.15, 0.2) is 5.82 Å². The second-order valence-electron chi connectivity index (χ2n) is 6.93. The van der Waals surface area contributed by atoms with Crippen LogP contribution in [-0.4, -0.2) is 34.8 Å². The predicted octanol–water partition coefficient (Wildman–Crippen LogP) is 3.88. The van der Waals surface area contributed by atoms with Crippen LogP contribution in [0, 0.1) is 0 Å². The molecule has 1 unspecified atom stereocenters. The lowest BCUT2D eigenvalue weighted by molar-refractivity contribution is 0.244. The summed E-state index contributed by atoms with van der Waals surface area (Å²) in [7, 11) is 1.88. The van der Waals surface area contributed by atoms with Gasteiger partial charge in [0.05, 0.1) is 10.6 Å². The van der Waals surface area contributed by atoms with Crippen LogP contribution >= 0.6 is 24.0 Å². The van der Waals surface area contributed by atoms with Gasteiger partial charge in [-0.25, -0.2) is 4.79 Å². The molecule has 1 heterocycles. The van der Waals surface area contributed by atoms with Crippen molar-refractivity contribution < 1.29 is 9.32 Å². The number of anilines is 1. The molecule has 3 N–H and O–H groups in total. The van der Waals surface area contributed by atoms with Gasteiger partial charge in [-0.05, 0) is 52.9 Å². The minimum Gasteiger partial charge on any atom is -0.334 e. The van der Waals surface area contributed by atoms with E-state index in [4.69, 9.17) is 16.1 Å². The van der Waals surface area contributed by atoms with Crippen LogP contribution in [0.15, 0.2) is 22.7 Å². The highest BCUT2D eigenvalue weighted by molar-refractivity contribution is 6.33. The van der Waals surface area contributed by atoms with E-state index < -0.39 is 0 Å². The van der Waals surface area contributed by atoms with E-state index in [9.17, 15) is 4.79 Å². The summed E-state index contributed by atoms with van der Waals surface area (Å²) in [6.45, 7) is 7.76. The number of carbonyl (C=O) groups is 1. The molecule has 0 spiro atoms. The molecule has 26 heavy (non-hydrogen) atoms. The fourth-order valence-corrected chi connectivity index (χ4v) is 2.29. The molecule has 0 aliphatic heterocycles. The van der Waals surface area contributed by atoms with E-state index in [1.54, 1.807) is 18.2 Å². The van der Waals surface area contributed by atoms with Crippen LogP contribution < -0.4 is 16.0 Å². The molecule has 9 heteroatoms. The molecule has 0 saturated carbocycles.